The molecule has 3 aromatic carbocycles. The average molecular weight is 470 g/mol. The molecule has 0 atom stereocenters. The average Bonchev–Trinajstić information content (AvgIpc) is 2.80. The molecular formula is C23H14ClF2N3O4. The Labute approximate surface area is 190 Å². The molecule has 0 aliphatic rings. The minimum absolute atomic E-state index is 0.00480. The van der Waals surface area contributed by atoms with Crippen LogP contribution in [-0.4, -0.2) is 16.2 Å². The van der Waals surface area contributed by atoms with E-state index in [4.69, 9.17) is 26.3 Å². The fraction of sp³-hybridized carbons (Fsp3) is 0.0870. The summed E-state index contributed by atoms with van der Waals surface area (Å²) in [7, 11) is 0. The summed E-state index contributed by atoms with van der Waals surface area (Å²) in [6, 6.07) is 12.1. The summed E-state index contributed by atoms with van der Waals surface area (Å²) in [6.45, 7) is 0.00493. The van der Waals surface area contributed by atoms with Crippen molar-refractivity contribution in [3.8, 4) is 23.3 Å². The molecule has 0 amide bonds. The monoisotopic (exact) mass is 469 g/mol. The number of fused-ring (bicyclic) bond motifs is 1. The summed E-state index contributed by atoms with van der Waals surface area (Å²) in [4.78, 5) is 25.0. The third-order valence-corrected chi connectivity index (χ3v) is 5.12. The molecule has 0 fully saturated rings. The maximum Gasteiger partial charge on any atom is 0.328 e. The van der Waals surface area contributed by atoms with Crippen LogP contribution in [-0.2, 0) is 6.54 Å². The lowest BCUT2D eigenvalue weighted by atomic mass is 10.1. The summed E-state index contributed by atoms with van der Waals surface area (Å²) >= 11 is 6.41. The third-order valence-electron chi connectivity index (χ3n) is 4.73. The van der Waals surface area contributed by atoms with E-state index < -0.39 is 22.9 Å². The number of nitriles is 1. The van der Waals surface area contributed by atoms with Gasteiger partial charge in [-0.05, 0) is 24.3 Å². The van der Waals surface area contributed by atoms with Gasteiger partial charge in [-0.15, -0.1) is 0 Å². The molecule has 1 N–H and O–H groups in total. The Kier molecular flexibility index (Phi) is 6.11. The predicted octanol–water partition coefficient (Wildman–Crippen LogP) is 4.36. The molecule has 0 aliphatic heterocycles. The van der Waals surface area contributed by atoms with Crippen molar-refractivity contribution in [2.45, 2.75) is 6.54 Å². The second-order valence-corrected chi connectivity index (χ2v) is 7.27. The minimum atomic E-state index is -0.615. The molecule has 7 nitrogen and oxygen atoms in total. The fourth-order valence-electron chi connectivity index (χ4n) is 3.14. The number of rotatable bonds is 6. The molecule has 0 saturated carbocycles. The molecule has 0 aliphatic carbocycles. The minimum Gasteiger partial charge on any atom is -0.488 e. The van der Waals surface area contributed by atoms with Crippen LogP contribution in [0, 0.1) is 23.0 Å². The number of hydrogen-bond acceptors (Lipinski definition) is 5. The quantitative estimate of drug-likeness (QED) is 0.452. The van der Waals surface area contributed by atoms with E-state index in [-0.39, 0.29) is 46.2 Å². The molecule has 0 spiro atoms. The van der Waals surface area contributed by atoms with Crippen LogP contribution < -0.4 is 20.7 Å². The van der Waals surface area contributed by atoms with E-state index in [1.807, 2.05) is 6.07 Å². The second-order valence-electron chi connectivity index (χ2n) is 6.89. The number of aromatic amines is 1. The summed E-state index contributed by atoms with van der Waals surface area (Å²) in [5.41, 5.74) is -0.847. The van der Waals surface area contributed by atoms with E-state index in [0.717, 1.165) is 18.2 Å². The number of benzene rings is 3. The second kappa shape index (κ2) is 9.14. The van der Waals surface area contributed by atoms with E-state index in [1.165, 1.54) is 41.1 Å². The van der Waals surface area contributed by atoms with E-state index in [2.05, 4.69) is 4.98 Å². The number of H-pyrrole nitrogens is 1. The van der Waals surface area contributed by atoms with Gasteiger partial charge in [0, 0.05) is 35.2 Å². The van der Waals surface area contributed by atoms with Crippen molar-refractivity contribution in [2.75, 3.05) is 6.61 Å². The molecule has 4 rings (SSSR count). The molecule has 0 saturated heterocycles. The molecule has 166 valence electrons. The van der Waals surface area contributed by atoms with Crippen molar-refractivity contribution in [1.29, 1.82) is 5.26 Å². The molecular weight excluding hydrogens is 456 g/mol. The Morgan fingerprint density at radius 3 is 2.58 bits per heavy atom. The van der Waals surface area contributed by atoms with E-state index >= 15 is 0 Å². The van der Waals surface area contributed by atoms with Crippen LogP contribution in [0.5, 0.6) is 17.2 Å². The van der Waals surface area contributed by atoms with Crippen molar-refractivity contribution in [2.24, 2.45) is 0 Å². The molecule has 1 aromatic heterocycles. The molecule has 4 aromatic rings. The number of hydrogen-bond donors (Lipinski definition) is 1. The van der Waals surface area contributed by atoms with Crippen LogP contribution in [0.1, 0.15) is 5.56 Å². The lowest BCUT2D eigenvalue weighted by Crippen LogP contribution is -2.30. The highest BCUT2D eigenvalue weighted by atomic mass is 35.5. The van der Waals surface area contributed by atoms with E-state index in [0.29, 0.717) is 5.56 Å². The first-order chi connectivity index (χ1) is 15.9. The van der Waals surface area contributed by atoms with Crippen LogP contribution >= 0.6 is 11.6 Å². The molecule has 0 bridgehead atoms. The van der Waals surface area contributed by atoms with Gasteiger partial charge in [-0.25, -0.2) is 13.6 Å². The zero-order chi connectivity index (χ0) is 23.5. The SMILES string of the molecule is N#Cc1ccc2c(F)cc(Oc3ccc(F)cc3OCCn3ccc(=O)[nH]c3=O)c(Cl)c2c1. The Bertz CT molecular complexity index is 1530. The molecule has 10 heteroatoms. The predicted molar refractivity (Wildman–Crippen MR) is 117 cm³/mol. The van der Waals surface area contributed by atoms with Gasteiger partial charge in [-0.3, -0.25) is 14.3 Å². The van der Waals surface area contributed by atoms with Crippen molar-refractivity contribution in [3.63, 3.8) is 0 Å². The largest absolute Gasteiger partial charge is 0.488 e. The maximum atomic E-state index is 14.6. The number of ether oxygens (including phenoxy) is 2. The molecule has 0 unspecified atom stereocenters. The number of halogens is 3. The first-order valence-electron chi connectivity index (χ1n) is 9.57. The summed E-state index contributed by atoms with van der Waals surface area (Å²) < 4.78 is 41.0. The van der Waals surface area contributed by atoms with Gasteiger partial charge in [0.1, 0.15) is 24.0 Å². The van der Waals surface area contributed by atoms with Gasteiger partial charge >= 0.3 is 5.69 Å². The highest BCUT2D eigenvalue weighted by molar-refractivity contribution is 6.37. The van der Waals surface area contributed by atoms with Crippen LogP contribution in [0.3, 0.4) is 0 Å². The molecule has 0 radical (unpaired) electrons. The highest BCUT2D eigenvalue weighted by Crippen LogP contribution is 2.40. The van der Waals surface area contributed by atoms with Crippen LogP contribution in [0.4, 0.5) is 8.78 Å². The maximum absolute atomic E-state index is 14.6. The Morgan fingerprint density at radius 2 is 1.82 bits per heavy atom. The van der Waals surface area contributed by atoms with Crippen LogP contribution in [0.25, 0.3) is 10.8 Å². The Balaban J connectivity index is 1.62. The van der Waals surface area contributed by atoms with Gasteiger partial charge in [0.05, 0.1) is 23.2 Å². The van der Waals surface area contributed by atoms with Crippen molar-refractivity contribution in [1.82, 2.24) is 9.55 Å². The Hall–Kier alpha value is -4.16. The highest BCUT2D eigenvalue weighted by Gasteiger charge is 2.16. The molecule has 1 heterocycles. The number of aromatic nitrogens is 2. The summed E-state index contributed by atoms with van der Waals surface area (Å²) in [5.74, 6) is -1.22. The van der Waals surface area contributed by atoms with Crippen molar-refractivity contribution >= 4 is 22.4 Å². The lowest BCUT2D eigenvalue weighted by molar-refractivity contribution is 0.281. The van der Waals surface area contributed by atoms with Gasteiger partial charge in [-0.1, -0.05) is 17.7 Å². The normalized spacial score (nSPS) is 10.7. The fourth-order valence-corrected chi connectivity index (χ4v) is 3.39. The topological polar surface area (TPSA) is 97.1 Å². The Morgan fingerprint density at radius 1 is 1.00 bits per heavy atom. The number of nitrogens with zero attached hydrogens (tertiary/aromatic N) is 2. The zero-order valence-corrected chi connectivity index (χ0v) is 17.5. The first kappa shape index (κ1) is 22.0. The first-order valence-corrected chi connectivity index (χ1v) is 9.95. The van der Waals surface area contributed by atoms with Gasteiger partial charge in [0.2, 0.25) is 0 Å². The van der Waals surface area contributed by atoms with Crippen LogP contribution in [0.15, 0.2) is 64.3 Å². The van der Waals surface area contributed by atoms with E-state index in [9.17, 15) is 18.4 Å². The van der Waals surface area contributed by atoms with Crippen molar-refractivity contribution in [3.05, 3.63) is 97.8 Å². The van der Waals surface area contributed by atoms with Gasteiger partial charge in [-0.2, -0.15) is 5.26 Å². The third kappa shape index (κ3) is 4.71. The van der Waals surface area contributed by atoms with E-state index in [1.54, 1.807) is 0 Å². The summed E-state index contributed by atoms with van der Waals surface area (Å²) in [5, 5.41) is 9.68. The lowest BCUT2D eigenvalue weighted by Gasteiger charge is -2.15. The van der Waals surface area contributed by atoms with Gasteiger partial charge in [0.15, 0.2) is 11.5 Å². The zero-order valence-electron chi connectivity index (χ0n) is 16.8. The molecule has 33 heavy (non-hydrogen) atoms. The summed E-state index contributed by atoms with van der Waals surface area (Å²) in [6.07, 6.45) is 1.31. The van der Waals surface area contributed by atoms with Crippen LogP contribution in [0.2, 0.25) is 5.02 Å². The number of nitrogens with one attached hydrogen (secondary N) is 1. The van der Waals surface area contributed by atoms with Gasteiger partial charge in [0.25, 0.3) is 5.56 Å². The standard InChI is InChI=1S/C23H14ClF2N3O4/c24-22-16-9-13(12-27)1-3-15(16)17(26)11-20(22)33-18-4-2-14(25)10-19(18)32-8-7-29-6-5-21(30)28-23(29)31/h1-6,9-11H,7-8H2,(H,28,30,31). The van der Waals surface area contributed by atoms with Crippen molar-refractivity contribution < 1.29 is 18.3 Å². The smallest absolute Gasteiger partial charge is 0.328 e. The van der Waals surface area contributed by atoms with Gasteiger partial charge < -0.3 is 9.47 Å².